The average Bonchev–Trinajstić information content (AvgIpc) is 2.27. The molecule has 2 atom stereocenters. The third kappa shape index (κ3) is 4.91. The van der Waals surface area contributed by atoms with Crippen LogP contribution in [-0.4, -0.2) is 30.2 Å². The zero-order chi connectivity index (χ0) is 12.6. The summed E-state index contributed by atoms with van der Waals surface area (Å²) in [6, 6.07) is -0.735. The van der Waals surface area contributed by atoms with E-state index in [0.29, 0.717) is 12.8 Å². The molecule has 0 fully saturated rings. The van der Waals surface area contributed by atoms with Gasteiger partial charge in [-0.05, 0) is 19.8 Å². The number of Topliss-reactive ketones (excluding diaryl/α,β-unsaturated/α-hetero) is 1. The fraction of sp³-hybridized carbons (Fsp3) is 0.727. The highest BCUT2D eigenvalue weighted by Crippen LogP contribution is 1.99. The van der Waals surface area contributed by atoms with Gasteiger partial charge in [-0.25, -0.2) is 0 Å². The van der Waals surface area contributed by atoms with Crippen molar-refractivity contribution in [3.63, 3.8) is 0 Å². The topological polar surface area (TPSA) is 75.3 Å². The highest BCUT2D eigenvalue weighted by Gasteiger charge is 2.24. The fourth-order valence-electron chi connectivity index (χ4n) is 1.22. The molecule has 16 heavy (non-hydrogen) atoms. The van der Waals surface area contributed by atoms with Gasteiger partial charge in [0.05, 0.1) is 6.04 Å². The number of carbonyl (C=O) groups is 3. The lowest BCUT2D eigenvalue weighted by molar-refractivity contribution is -0.140. The van der Waals surface area contributed by atoms with Gasteiger partial charge in [0.15, 0.2) is 0 Å². The second-order valence-electron chi connectivity index (χ2n) is 3.77. The Morgan fingerprint density at radius 1 is 1.31 bits per heavy atom. The molecular weight excluding hydrogens is 208 g/mol. The summed E-state index contributed by atoms with van der Waals surface area (Å²) in [6.07, 6.45) is 2.42. The zero-order valence-corrected chi connectivity index (χ0v) is 10.1. The van der Waals surface area contributed by atoms with Crippen LogP contribution >= 0.6 is 0 Å². The smallest absolute Gasteiger partial charge is 0.289 e. The minimum absolute atomic E-state index is 0.0324. The number of hydrogen-bond acceptors (Lipinski definition) is 3. The second kappa shape index (κ2) is 7.84. The monoisotopic (exact) mass is 228 g/mol. The largest absolute Gasteiger partial charge is 0.348 e. The minimum Gasteiger partial charge on any atom is -0.348 e. The molecule has 0 bridgehead atoms. The Bertz CT molecular complexity index is 254. The molecule has 0 spiro atoms. The van der Waals surface area contributed by atoms with E-state index in [1.165, 1.54) is 0 Å². The summed E-state index contributed by atoms with van der Waals surface area (Å²) in [5.74, 6) is -1.20. The van der Waals surface area contributed by atoms with Crippen molar-refractivity contribution in [2.24, 2.45) is 0 Å². The standard InChI is InChI=1S/C11H20N2O3/c1-4-6-9(12-7-14)10(15)11(16)13-8(3)5-2/h7-9H,4-6H2,1-3H3,(H,12,14)(H,13,16)/t8-,9?/m0/s1. The van der Waals surface area contributed by atoms with Gasteiger partial charge < -0.3 is 10.6 Å². The molecule has 0 aliphatic heterocycles. The molecule has 0 aliphatic carbocycles. The van der Waals surface area contributed by atoms with E-state index < -0.39 is 17.7 Å². The molecule has 0 rings (SSSR count). The first-order valence-corrected chi connectivity index (χ1v) is 5.61. The number of carbonyl (C=O) groups excluding carboxylic acids is 3. The first kappa shape index (κ1) is 14.6. The van der Waals surface area contributed by atoms with E-state index in [9.17, 15) is 14.4 Å². The van der Waals surface area contributed by atoms with Gasteiger partial charge in [-0.1, -0.05) is 20.3 Å². The van der Waals surface area contributed by atoms with Crippen LogP contribution in [0.2, 0.25) is 0 Å². The zero-order valence-electron chi connectivity index (χ0n) is 10.1. The van der Waals surface area contributed by atoms with Crippen molar-refractivity contribution in [3.05, 3.63) is 0 Å². The maximum Gasteiger partial charge on any atom is 0.289 e. The van der Waals surface area contributed by atoms with E-state index in [1.54, 1.807) is 0 Å². The fourth-order valence-corrected chi connectivity index (χ4v) is 1.22. The van der Waals surface area contributed by atoms with Gasteiger partial charge in [-0.3, -0.25) is 14.4 Å². The maximum absolute atomic E-state index is 11.6. The highest BCUT2D eigenvalue weighted by atomic mass is 16.2. The number of hydrogen-bond donors (Lipinski definition) is 2. The molecule has 2 N–H and O–H groups in total. The summed E-state index contributed by atoms with van der Waals surface area (Å²) in [5, 5.41) is 4.95. The molecule has 1 unspecified atom stereocenters. The van der Waals surface area contributed by atoms with Crippen LogP contribution in [0.4, 0.5) is 0 Å². The second-order valence-corrected chi connectivity index (χ2v) is 3.77. The summed E-state index contributed by atoms with van der Waals surface area (Å²) in [7, 11) is 0. The molecule has 0 saturated heterocycles. The predicted octanol–water partition coefficient (Wildman–Crippen LogP) is 0.385. The highest BCUT2D eigenvalue weighted by molar-refractivity contribution is 6.38. The molecule has 0 aliphatic rings. The summed E-state index contributed by atoms with van der Waals surface area (Å²) in [5.41, 5.74) is 0. The molecule has 0 saturated carbocycles. The van der Waals surface area contributed by atoms with Crippen LogP contribution in [0.15, 0.2) is 0 Å². The third-order valence-corrected chi connectivity index (χ3v) is 2.38. The Kier molecular flexibility index (Phi) is 7.16. The van der Waals surface area contributed by atoms with Gasteiger partial charge in [0.25, 0.3) is 5.91 Å². The summed E-state index contributed by atoms with van der Waals surface area (Å²) < 4.78 is 0. The van der Waals surface area contributed by atoms with E-state index in [4.69, 9.17) is 0 Å². The molecule has 0 radical (unpaired) electrons. The Hall–Kier alpha value is -1.39. The summed E-state index contributed by atoms with van der Waals surface area (Å²) in [6.45, 7) is 5.63. The van der Waals surface area contributed by atoms with Crippen molar-refractivity contribution in [2.45, 2.75) is 52.1 Å². The van der Waals surface area contributed by atoms with E-state index in [0.717, 1.165) is 12.8 Å². The third-order valence-electron chi connectivity index (χ3n) is 2.38. The van der Waals surface area contributed by atoms with Gasteiger partial charge in [0.1, 0.15) is 0 Å². The van der Waals surface area contributed by atoms with E-state index >= 15 is 0 Å². The van der Waals surface area contributed by atoms with Gasteiger partial charge in [-0.2, -0.15) is 0 Å². The Labute approximate surface area is 96.0 Å². The lowest BCUT2D eigenvalue weighted by Crippen LogP contribution is -2.47. The molecule has 92 valence electrons. The number of amides is 2. The Balaban J connectivity index is 4.36. The molecule has 0 aromatic rings. The first-order chi connectivity index (χ1) is 7.56. The normalized spacial score (nSPS) is 13.7. The lowest BCUT2D eigenvalue weighted by Gasteiger charge is -2.15. The van der Waals surface area contributed by atoms with Crippen LogP contribution in [0.5, 0.6) is 0 Å². The Morgan fingerprint density at radius 2 is 1.94 bits per heavy atom. The van der Waals surface area contributed by atoms with Gasteiger partial charge >= 0.3 is 0 Å². The van der Waals surface area contributed by atoms with Crippen LogP contribution in [0, 0.1) is 0 Å². The van der Waals surface area contributed by atoms with Crippen molar-refractivity contribution in [3.8, 4) is 0 Å². The van der Waals surface area contributed by atoms with Crippen LogP contribution in [0.25, 0.3) is 0 Å². The predicted molar refractivity (Wildman–Crippen MR) is 60.8 cm³/mol. The number of rotatable bonds is 8. The van der Waals surface area contributed by atoms with Crippen molar-refractivity contribution in [1.29, 1.82) is 0 Å². The molecule has 2 amide bonds. The van der Waals surface area contributed by atoms with Crippen molar-refractivity contribution >= 4 is 18.1 Å². The van der Waals surface area contributed by atoms with Gasteiger partial charge in [0, 0.05) is 6.04 Å². The Morgan fingerprint density at radius 3 is 2.38 bits per heavy atom. The molecule has 0 aromatic carbocycles. The van der Waals surface area contributed by atoms with Crippen LogP contribution in [0.1, 0.15) is 40.0 Å². The minimum atomic E-state index is -0.702. The average molecular weight is 228 g/mol. The van der Waals surface area contributed by atoms with Gasteiger partial charge in [-0.15, -0.1) is 0 Å². The van der Waals surface area contributed by atoms with Crippen molar-refractivity contribution in [1.82, 2.24) is 10.6 Å². The maximum atomic E-state index is 11.6. The molecule has 5 heteroatoms. The summed E-state index contributed by atoms with van der Waals surface area (Å²) in [4.78, 5) is 33.4. The number of nitrogens with one attached hydrogen (secondary N) is 2. The summed E-state index contributed by atoms with van der Waals surface area (Å²) >= 11 is 0. The first-order valence-electron chi connectivity index (χ1n) is 5.61. The van der Waals surface area contributed by atoms with Crippen molar-refractivity contribution in [2.75, 3.05) is 0 Å². The van der Waals surface area contributed by atoms with E-state index in [2.05, 4.69) is 10.6 Å². The number of ketones is 1. The van der Waals surface area contributed by atoms with Crippen LogP contribution in [-0.2, 0) is 14.4 Å². The molecule has 0 aromatic heterocycles. The molecular formula is C11H20N2O3. The van der Waals surface area contributed by atoms with E-state index in [-0.39, 0.29) is 6.04 Å². The van der Waals surface area contributed by atoms with Crippen LogP contribution < -0.4 is 10.6 Å². The SMILES string of the molecule is CCCC(NC=O)C(=O)C(=O)N[C@@H](C)CC. The molecule has 0 heterocycles. The van der Waals surface area contributed by atoms with Crippen LogP contribution in [0.3, 0.4) is 0 Å². The van der Waals surface area contributed by atoms with Gasteiger partial charge in [0.2, 0.25) is 12.2 Å². The van der Waals surface area contributed by atoms with Crippen molar-refractivity contribution < 1.29 is 14.4 Å². The quantitative estimate of drug-likeness (QED) is 0.466. The molecule has 5 nitrogen and oxygen atoms in total. The van der Waals surface area contributed by atoms with E-state index in [1.807, 2.05) is 20.8 Å². The lowest BCUT2D eigenvalue weighted by atomic mass is 10.1.